The van der Waals surface area contributed by atoms with Gasteiger partial charge in [-0.15, -0.1) is 0 Å². The molecule has 0 bridgehead atoms. The highest BCUT2D eigenvalue weighted by Gasteiger charge is 2.19. The number of esters is 3. The second-order valence-corrected chi connectivity index (χ2v) is 21.7. The zero-order valence-electron chi connectivity index (χ0n) is 48.0. The molecule has 0 aromatic carbocycles. The highest BCUT2D eigenvalue weighted by Crippen LogP contribution is 2.18. The van der Waals surface area contributed by atoms with Crippen molar-refractivity contribution in [3.05, 3.63) is 24.3 Å². The maximum absolute atomic E-state index is 12.9. The van der Waals surface area contributed by atoms with E-state index in [1.807, 2.05) is 0 Å². The molecular weight excluding hydrogens is 877 g/mol. The Hall–Kier alpha value is -2.11. The number of hydrogen-bond donors (Lipinski definition) is 0. The Labute approximate surface area is 443 Å². The van der Waals surface area contributed by atoms with Crippen LogP contribution in [-0.2, 0) is 28.6 Å². The van der Waals surface area contributed by atoms with Gasteiger partial charge in [0.15, 0.2) is 6.10 Å². The highest BCUT2D eigenvalue weighted by atomic mass is 16.6. The molecule has 71 heavy (non-hydrogen) atoms. The van der Waals surface area contributed by atoms with Crippen LogP contribution >= 0.6 is 0 Å². The highest BCUT2D eigenvalue weighted by molar-refractivity contribution is 5.71. The van der Waals surface area contributed by atoms with Gasteiger partial charge in [0.25, 0.3) is 0 Å². The minimum Gasteiger partial charge on any atom is -0.462 e. The molecule has 418 valence electrons. The van der Waals surface area contributed by atoms with E-state index in [1.165, 1.54) is 250 Å². The molecule has 0 heterocycles. The van der Waals surface area contributed by atoms with Gasteiger partial charge in [-0.2, -0.15) is 0 Å². The minimum atomic E-state index is -0.772. The van der Waals surface area contributed by atoms with Crippen molar-refractivity contribution in [2.45, 2.75) is 361 Å². The van der Waals surface area contributed by atoms with Crippen LogP contribution in [0.3, 0.4) is 0 Å². The molecule has 1 atom stereocenters. The molecule has 0 fully saturated rings. The number of carbonyl (C=O) groups excluding carboxylic acids is 3. The maximum atomic E-state index is 12.9. The molecule has 0 spiro atoms. The average Bonchev–Trinajstić information content (AvgIpc) is 3.37. The van der Waals surface area contributed by atoms with E-state index in [2.05, 4.69) is 45.1 Å². The molecule has 0 aromatic rings. The number of hydrogen-bond acceptors (Lipinski definition) is 6. The van der Waals surface area contributed by atoms with E-state index >= 15 is 0 Å². The number of rotatable bonds is 59. The Morgan fingerprint density at radius 3 is 0.746 bits per heavy atom. The van der Waals surface area contributed by atoms with E-state index in [0.29, 0.717) is 19.3 Å². The Morgan fingerprint density at radius 1 is 0.268 bits per heavy atom. The second kappa shape index (κ2) is 60.4. The number of unbranched alkanes of at least 4 members (excludes halogenated alkanes) is 44. The van der Waals surface area contributed by atoms with Crippen LogP contribution in [0.2, 0.25) is 0 Å². The topological polar surface area (TPSA) is 78.9 Å². The van der Waals surface area contributed by atoms with Crippen LogP contribution in [0.25, 0.3) is 0 Å². The average molecular weight is 1000 g/mol. The van der Waals surface area contributed by atoms with Gasteiger partial charge >= 0.3 is 17.9 Å². The number of carbonyl (C=O) groups is 3. The maximum Gasteiger partial charge on any atom is 0.306 e. The fourth-order valence-electron chi connectivity index (χ4n) is 9.60. The van der Waals surface area contributed by atoms with Gasteiger partial charge in [-0.05, 0) is 64.2 Å². The Balaban J connectivity index is 4.23. The largest absolute Gasteiger partial charge is 0.462 e. The van der Waals surface area contributed by atoms with Gasteiger partial charge in [0.2, 0.25) is 0 Å². The van der Waals surface area contributed by atoms with Gasteiger partial charge in [-0.1, -0.05) is 295 Å². The summed E-state index contributed by atoms with van der Waals surface area (Å²) in [5.74, 6) is -0.858. The lowest BCUT2D eigenvalue weighted by Gasteiger charge is -2.18. The summed E-state index contributed by atoms with van der Waals surface area (Å²) in [6.07, 6.45) is 71.9. The molecule has 6 nitrogen and oxygen atoms in total. The van der Waals surface area contributed by atoms with Crippen molar-refractivity contribution in [2.24, 2.45) is 0 Å². The molecule has 6 heteroatoms. The fraction of sp³-hybridized carbons (Fsp3) is 0.892. The van der Waals surface area contributed by atoms with Crippen LogP contribution in [0.5, 0.6) is 0 Å². The smallest absolute Gasteiger partial charge is 0.306 e. The number of allylic oxidation sites excluding steroid dienone is 4. The Morgan fingerprint density at radius 2 is 0.479 bits per heavy atom. The van der Waals surface area contributed by atoms with E-state index in [9.17, 15) is 14.4 Å². The van der Waals surface area contributed by atoms with Crippen LogP contribution in [0.15, 0.2) is 24.3 Å². The van der Waals surface area contributed by atoms with E-state index in [4.69, 9.17) is 14.2 Å². The van der Waals surface area contributed by atoms with Crippen LogP contribution < -0.4 is 0 Å². The van der Waals surface area contributed by atoms with Crippen molar-refractivity contribution < 1.29 is 28.6 Å². The third-order valence-electron chi connectivity index (χ3n) is 14.4. The van der Waals surface area contributed by atoms with Gasteiger partial charge in [0.05, 0.1) is 0 Å². The summed E-state index contributed by atoms with van der Waals surface area (Å²) in [7, 11) is 0. The zero-order chi connectivity index (χ0) is 51.4. The third kappa shape index (κ3) is 58.7. The fourth-order valence-corrected chi connectivity index (χ4v) is 9.60. The zero-order valence-corrected chi connectivity index (χ0v) is 48.0. The summed E-state index contributed by atoms with van der Waals surface area (Å²) in [6.45, 7) is 6.66. The first-order chi connectivity index (χ1) is 35.0. The van der Waals surface area contributed by atoms with E-state index in [1.54, 1.807) is 0 Å². The molecule has 1 unspecified atom stereocenters. The molecule has 0 amide bonds. The monoisotopic (exact) mass is 999 g/mol. The molecule has 0 aliphatic heterocycles. The van der Waals surface area contributed by atoms with Crippen LogP contribution in [0.1, 0.15) is 355 Å². The summed E-state index contributed by atoms with van der Waals surface area (Å²) in [5, 5.41) is 0. The first-order valence-corrected chi connectivity index (χ1v) is 31.8. The molecule has 0 aliphatic rings. The van der Waals surface area contributed by atoms with Gasteiger partial charge < -0.3 is 14.2 Å². The van der Waals surface area contributed by atoms with Gasteiger partial charge in [0, 0.05) is 19.3 Å². The lowest BCUT2D eigenvalue weighted by molar-refractivity contribution is -0.167. The minimum absolute atomic E-state index is 0.0703. The molecule has 0 rings (SSSR count). The van der Waals surface area contributed by atoms with Crippen LogP contribution in [0, 0.1) is 0 Å². The quantitative estimate of drug-likeness (QED) is 0.0261. The Kier molecular flexibility index (Phi) is 58.6. The molecule has 0 saturated carbocycles. The lowest BCUT2D eigenvalue weighted by atomic mass is 10.0. The number of ether oxygens (including phenoxy) is 3. The molecule has 0 radical (unpaired) electrons. The summed E-state index contributed by atoms with van der Waals surface area (Å²) in [5.41, 5.74) is 0. The first kappa shape index (κ1) is 68.9. The summed E-state index contributed by atoms with van der Waals surface area (Å²) in [4.78, 5) is 38.2. The van der Waals surface area contributed by atoms with Crippen molar-refractivity contribution in [3.8, 4) is 0 Å². The summed E-state index contributed by atoms with van der Waals surface area (Å²) in [6, 6.07) is 0. The Bertz CT molecular complexity index is 1150. The van der Waals surface area contributed by atoms with Crippen molar-refractivity contribution in [3.63, 3.8) is 0 Å². The predicted octanol–water partition coefficient (Wildman–Crippen LogP) is 21.4. The standard InChI is InChI=1S/C65H122O6/c1-4-7-10-13-16-19-22-24-26-28-30-32-34-36-38-40-43-46-49-52-55-58-64(67)70-61-62(60-69-63(66)57-54-51-48-45-42-21-18-15-12-9-6-3)71-65(68)59-56-53-50-47-44-41-39-37-35-33-31-29-27-25-23-20-17-14-11-8-5-2/h15,18,28,30,62H,4-14,16-17,19-27,29,31-61H2,1-3H3/b18-15-,30-28-. The summed E-state index contributed by atoms with van der Waals surface area (Å²) >= 11 is 0. The molecule has 0 aliphatic carbocycles. The van der Waals surface area contributed by atoms with Gasteiger partial charge in [-0.3, -0.25) is 14.4 Å². The molecule has 0 saturated heterocycles. The van der Waals surface area contributed by atoms with Crippen LogP contribution in [0.4, 0.5) is 0 Å². The second-order valence-electron chi connectivity index (χ2n) is 21.7. The van der Waals surface area contributed by atoms with E-state index in [-0.39, 0.29) is 31.1 Å². The molecule has 0 N–H and O–H groups in total. The van der Waals surface area contributed by atoms with Gasteiger partial charge in [-0.25, -0.2) is 0 Å². The van der Waals surface area contributed by atoms with Crippen molar-refractivity contribution in [2.75, 3.05) is 13.2 Å². The lowest BCUT2D eigenvalue weighted by Crippen LogP contribution is -2.30. The SMILES string of the molecule is CCCC/C=C\CCCCCCCC(=O)OCC(COC(=O)CCCCCCCCCCC/C=C\CCCCCCCCCC)OC(=O)CCCCCCCCCCCCCCCCCCCCCCC. The normalized spacial score (nSPS) is 12.1. The van der Waals surface area contributed by atoms with Crippen LogP contribution in [-0.4, -0.2) is 37.2 Å². The van der Waals surface area contributed by atoms with Crippen molar-refractivity contribution in [1.82, 2.24) is 0 Å². The van der Waals surface area contributed by atoms with Gasteiger partial charge in [0.1, 0.15) is 13.2 Å². The molecule has 0 aromatic heterocycles. The van der Waals surface area contributed by atoms with E-state index < -0.39 is 6.10 Å². The van der Waals surface area contributed by atoms with Crippen molar-refractivity contribution in [1.29, 1.82) is 0 Å². The van der Waals surface area contributed by atoms with Crippen molar-refractivity contribution >= 4 is 17.9 Å². The summed E-state index contributed by atoms with van der Waals surface area (Å²) < 4.78 is 16.9. The predicted molar refractivity (Wildman–Crippen MR) is 307 cm³/mol. The van der Waals surface area contributed by atoms with E-state index in [0.717, 1.165) is 64.2 Å². The first-order valence-electron chi connectivity index (χ1n) is 31.8. The third-order valence-corrected chi connectivity index (χ3v) is 14.4. The molecular formula is C65H122O6.